The molecule has 1 heteroatoms. The molecule has 0 aliphatic heterocycles. The molecule has 0 saturated carbocycles. The number of allylic oxidation sites excluding steroid dienone is 2. The summed E-state index contributed by atoms with van der Waals surface area (Å²) in [6.45, 7) is 2.29. The molecule has 136 valence electrons. The van der Waals surface area contributed by atoms with Crippen LogP contribution in [0, 0.1) is 0 Å². The molecule has 0 aromatic rings. The van der Waals surface area contributed by atoms with E-state index in [-0.39, 0.29) is 0 Å². The third kappa shape index (κ3) is 10.8. The van der Waals surface area contributed by atoms with Gasteiger partial charge in [-0.25, -0.2) is 0 Å². The van der Waals surface area contributed by atoms with Crippen LogP contribution < -0.4 is 0 Å². The molecule has 0 aromatic carbocycles. The van der Waals surface area contributed by atoms with E-state index in [1.165, 1.54) is 121 Å². The molecule has 1 nitrogen and oxygen atoms in total. The second-order valence-electron chi connectivity index (χ2n) is 7.43. The summed E-state index contributed by atoms with van der Waals surface area (Å²) in [4.78, 5) is 0. The Kier molecular flexibility index (Phi) is 13.5. The molecule has 0 atom stereocenters. The predicted molar refractivity (Wildman–Crippen MR) is 103 cm³/mol. The van der Waals surface area contributed by atoms with Gasteiger partial charge in [-0.3, -0.25) is 0 Å². The van der Waals surface area contributed by atoms with Gasteiger partial charge in [-0.2, -0.15) is 0 Å². The van der Waals surface area contributed by atoms with Crippen LogP contribution >= 0.6 is 0 Å². The lowest BCUT2D eigenvalue weighted by Gasteiger charge is -2.16. The van der Waals surface area contributed by atoms with Gasteiger partial charge >= 0.3 is 0 Å². The quantitative estimate of drug-likeness (QED) is 0.391. The average Bonchev–Trinajstić information content (AvgIpc) is 2.56. The molecule has 1 rings (SSSR count). The van der Waals surface area contributed by atoms with E-state index in [4.69, 9.17) is 4.74 Å². The average molecular weight is 323 g/mol. The molecule has 0 bridgehead atoms. The molecule has 0 heterocycles. The summed E-state index contributed by atoms with van der Waals surface area (Å²) in [5.74, 6) is 1.34. The maximum atomic E-state index is 5.80. The maximum absolute atomic E-state index is 5.80. The molecule has 0 amide bonds. The summed E-state index contributed by atoms with van der Waals surface area (Å²) < 4.78 is 5.80. The van der Waals surface area contributed by atoms with Gasteiger partial charge in [0.2, 0.25) is 0 Å². The van der Waals surface area contributed by atoms with Gasteiger partial charge in [-0.1, -0.05) is 84.0 Å². The normalized spacial score (nSPS) is 18.3. The van der Waals surface area contributed by atoms with Crippen molar-refractivity contribution in [1.82, 2.24) is 0 Å². The third-order valence-corrected chi connectivity index (χ3v) is 5.36. The fourth-order valence-electron chi connectivity index (χ4n) is 3.81. The van der Waals surface area contributed by atoms with Gasteiger partial charge in [0.1, 0.15) is 0 Å². The van der Waals surface area contributed by atoms with Gasteiger partial charge < -0.3 is 4.74 Å². The summed E-state index contributed by atoms with van der Waals surface area (Å²) in [7, 11) is 1.89. The van der Waals surface area contributed by atoms with Crippen LogP contribution in [0.25, 0.3) is 0 Å². The van der Waals surface area contributed by atoms with Crippen molar-refractivity contribution in [3.8, 4) is 0 Å². The Labute approximate surface area is 146 Å². The first-order valence-corrected chi connectivity index (χ1v) is 10.6. The van der Waals surface area contributed by atoms with Gasteiger partial charge in [-0.05, 0) is 37.7 Å². The summed E-state index contributed by atoms with van der Waals surface area (Å²) in [6.07, 6.45) is 24.8. The molecular weight excluding hydrogens is 280 g/mol. The SMILES string of the molecule is CCCCCCCCCC1=C(OC)CCCCCCCCCC1. The summed E-state index contributed by atoms with van der Waals surface area (Å²) in [5, 5.41) is 0. The van der Waals surface area contributed by atoms with Gasteiger partial charge in [0.05, 0.1) is 12.9 Å². The van der Waals surface area contributed by atoms with Crippen LogP contribution in [0.2, 0.25) is 0 Å². The van der Waals surface area contributed by atoms with Crippen LogP contribution in [0.5, 0.6) is 0 Å². The van der Waals surface area contributed by atoms with Crippen molar-refractivity contribution >= 4 is 0 Å². The fraction of sp³-hybridized carbons (Fsp3) is 0.909. The number of hydrogen-bond acceptors (Lipinski definition) is 1. The molecular formula is C22H42O. The minimum absolute atomic E-state index is 1.18. The Bertz CT molecular complexity index is 292. The van der Waals surface area contributed by atoms with E-state index in [1.807, 2.05) is 7.11 Å². The molecule has 0 saturated heterocycles. The maximum Gasteiger partial charge on any atom is 0.0947 e. The van der Waals surface area contributed by atoms with Crippen molar-refractivity contribution < 1.29 is 4.74 Å². The highest BCUT2D eigenvalue weighted by Crippen LogP contribution is 2.26. The monoisotopic (exact) mass is 322 g/mol. The van der Waals surface area contributed by atoms with E-state index in [2.05, 4.69) is 6.92 Å². The van der Waals surface area contributed by atoms with Gasteiger partial charge in [-0.15, -0.1) is 0 Å². The van der Waals surface area contributed by atoms with Crippen molar-refractivity contribution in [2.75, 3.05) is 7.11 Å². The van der Waals surface area contributed by atoms with Gasteiger partial charge in [0, 0.05) is 6.42 Å². The molecule has 0 radical (unpaired) electrons. The number of rotatable bonds is 9. The third-order valence-electron chi connectivity index (χ3n) is 5.36. The van der Waals surface area contributed by atoms with Crippen molar-refractivity contribution in [1.29, 1.82) is 0 Å². The molecule has 23 heavy (non-hydrogen) atoms. The Morgan fingerprint density at radius 3 is 1.78 bits per heavy atom. The molecule has 0 N–H and O–H groups in total. The van der Waals surface area contributed by atoms with Gasteiger partial charge in [0.15, 0.2) is 0 Å². The Morgan fingerprint density at radius 2 is 1.17 bits per heavy atom. The molecule has 1 aliphatic carbocycles. The number of methoxy groups -OCH3 is 1. The van der Waals surface area contributed by atoms with Crippen molar-refractivity contribution in [2.45, 2.75) is 122 Å². The summed E-state index contributed by atoms with van der Waals surface area (Å²) >= 11 is 0. The standard InChI is InChI=1S/C22H42O/c1-3-4-5-6-9-12-15-18-21-19-16-13-10-7-8-11-14-17-20-22(21)23-2/h3-20H2,1-2H3. The first-order valence-electron chi connectivity index (χ1n) is 10.6. The van der Waals surface area contributed by atoms with E-state index in [9.17, 15) is 0 Å². The minimum Gasteiger partial charge on any atom is -0.501 e. The van der Waals surface area contributed by atoms with E-state index in [0.717, 1.165) is 0 Å². The van der Waals surface area contributed by atoms with E-state index in [1.54, 1.807) is 5.57 Å². The molecule has 0 spiro atoms. The highest BCUT2D eigenvalue weighted by molar-refractivity contribution is 5.09. The first kappa shape index (κ1) is 20.6. The highest BCUT2D eigenvalue weighted by Gasteiger charge is 2.09. The summed E-state index contributed by atoms with van der Waals surface area (Å²) in [5.41, 5.74) is 1.65. The predicted octanol–water partition coefficient (Wildman–Crippen LogP) is 7.94. The number of hydrogen-bond donors (Lipinski definition) is 0. The van der Waals surface area contributed by atoms with Gasteiger partial charge in [0.25, 0.3) is 0 Å². The Morgan fingerprint density at radius 1 is 0.652 bits per heavy atom. The highest BCUT2D eigenvalue weighted by atomic mass is 16.5. The van der Waals surface area contributed by atoms with E-state index < -0.39 is 0 Å². The fourth-order valence-corrected chi connectivity index (χ4v) is 3.81. The zero-order valence-corrected chi connectivity index (χ0v) is 16.1. The zero-order chi connectivity index (χ0) is 16.6. The molecule has 0 aromatic heterocycles. The largest absolute Gasteiger partial charge is 0.501 e. The Hall–Kier alpha value is -0.460. The zero-order valence-electron chi connectivity index (χ0n) is 16.1. The lowest BCUT2D eigenvalue weighted by atomic mass is 9.95. The van der Waals surface area contributed by atoms with Crippen LogP contribution in [0.15, 0.2) is 11.3 Å². The molecule has 0 unspecified atom stereocenters. The van der Waals surface area contributed by atoms with Crippen molar-refractivity contribution in [2.24, 2.45) is 0 Å². The molecule has 0 fully saturated rings. The van der Waals surface area contributed by atoms with Crippen LogP contribution in [0.3, 0.4) is 0 Å². The lowest BCUT2D eigenvalue weighted by molar-refractivity contribution is 0.264. The van der Waals surface area contributed by atoms with Crippen LogP contribution in [-0.4, -0.2) is 7.11 Å². The van der Waals surface area contributed by atoms with Crippen LogP contribution in [0.1, 0.15) is 122 Å². The topological polar surface area (TPSA) is 9.23 Å². The van der Waals surface area contributed by atoms with Crippen LogP contribution in [0.4, 0.5) is 0 Å². The smallest absolute Gasteiger partial charge is 0.0947 e. The van der Waals surface area contributed by atoms with Crippen molar-refractivity contribution in [3.05, 3.63) is 11.3 Å². The minimum atomic E-state index is 1.18. The van der Waals surface area contributed by atoms with E-state index in [0.29, 0.717) is 0 Å². The molecule has 1 aliphatic rings. The first-order chi connectivity index (χ1) is 11.4. The summed E-state index contributed by atoms with van der Waals surface area (Å²) in [6, 6.07) is 0. The lowest BCUT2D eigenvalue weighted by Crippen LogP contribution is -1.98. The second kappa shape index (κ2) is 15.1. The number of ether oxygens (including phenoxy) is 1. The van der Waals surface area contributed by atoms with E-state index >= 15 is 0 Å². The Balaban J connectivity index is 2.36. The van der Waals surface area contributed by atoms with Crippen LogP contribution in [-0.2, 0) is 4.74 Å². The second-order valence-corrected chi connectivity index (χ2v) is 7.43. The number of unbranched alkanes of at least 4 members (excludes halogenated alkanes) is 6. The van der Waals surface area contributed by atoms with Crippen molar-refractivity contribution in [3.63, 3.8) is 0 Å².